The van der Waals surface area contributed by atoms with Crippen molar-refractivity contribution in [3.05, 3.63) is 12.7 Å². The summed E-state index contributed by atoms with van der Waals surface area (Å²) in [6, 6.07) is 0. The molecule has 1 amide bonds. The predicted molar refractivity (Wildman–Crippen MR) is 210 cm³/mol. The van der Waals surface area contributed by atoms with Crippen LogP contribution in [-0.4, -0.2) is 134 Å². The van der Waals surface area contributed by atoms with E-state index in [1.54, 1.807) is 22.7 Å². The zero-order chi connectivity index (χ0) is 41.9. The Kier molecular flexibility index (Phi) is 38.1. The summed E-state index contributed by atoms with van der Waals surface area (Å²) in [5.74, 6) is -0.711. The van der Waals surface area contributed by atoms with E-state index in [4.69, 9.17) is 53.3 Å². The molecule has 17 nitrogen and oxygen atoms in total. The number of hydrogen-bond acceptors (Lipinski definition) is 16. The number of esters is 2. The molecule has 0 aromatic heterocycles. The van der Waals surface area contributed by atoms with Crippen molar-refractivity contribution < 1.29 is 57.1 Å². The van der Waals surface area contributed by atoms with Crippen LogP contribution in [0.25, 0.3) is 0 Å². The first kappa shape index (κ1) is 53.4. The molecular formula is C40H71N5O12. The van der Waals surface area contributed by atoms with E-state index < -0.39 is 5.97 Å². The first-order valence-electron chi connectivity index (χ1n) is 20.4. The molecule has 0 rings (SSSR count). The molecule has 57 heavy (non-hydrogen) atoms. The molecule has 328 valence electrons. The number of amides is 1. The molecule has 0 aromatic carbocycles. The van der Waals surface area contributed by atoms with Crippen molar-refractivity contribution in [1.29, 1.82) is 10.5 Å². The topological polar surface area (TPSA) is 200 Å². The smallest absolute Gasteiger partial charge is 0.330 e. The minimum absolute atomic E-state index is 0.178. The summed E-state index contributed by atoms with van der Waals surface area (Å²) in [7, 11) is 0. The standard InChI is InChI=1S/C40H71N5O12/c1-4-38(47)55-30-28-49-24-26-51-32-40(2,3)33-52-27-25-50-29-31-56-39(48)18-12-6-5-8-15-21-45(44(37-46)20-14-9-11-17-23-54-35-42)57-36-43-19-13-7-10-16-22-53-34-41/h4,37,43H,1,5-33,36H2,2-3H3. The summed E-state index contributed by atoms with van der Waals surface area (Å²) in [5.41, 5.74) is -0.186. The molecule has 0 fully saturated rings. The van der Waals surface area contributed by atoms with Crippen LogP contribution in [-0.2, 0) is 57.1 Å². The number of nitriles is 2. The number of rotatable bonds is 44. The fourth-order valence-electron chi connectivity index (χ4n) is 5.12. The van der Waals surface area contributed by atoms with Crippen molar-refractivity contribution in [2.45, 2.75) is 104 Å². The normalized spacial score (nSPS) is 11.1. The number of hydroxylamine groups is 1. The third-order valence-electron chi connectivity index (χ3n) is 8.18. The van der Waals surface area contributed by atoms with Gasteiger partial charge in [-0.25, -0.2) is 4.79 Å². The predicted octanol–water partition coefficient (Wildman–Crippen LogP) is 4.96. The van der Waals surface area contributed by atoms with E-state index >= 15 is 0 Å². The number of nitrogens with zero attached hydrogens (tertiary/aromatic N) is 4. The highest BCUT2D eigenvalue weighted by Crippen LogP contribution is 2.16. The fraction of sp³-hybridized carbons (Fsp3) is 0.825. The van der Waals surface area contributed by atoms with E-state index in [1.165, 1.54) is 0 Å². The van der Waals surface area contributed by atoms with E-state index in [2.05, 4.69) is 11.9 Å². The number of nitrogens with one attached hydrogen (secondary N) is 1. The molecule has 0 unspecified atom stereocenters. The van der Waals surface area contributed by atoms with Crippen molar-refractivity contribution in [3.8, 4) is 12.5 Å². The Hall–Kier alpha value is -3.55. The largest absolute Gasteiger partial charge is 0.463 e. The second kappa shape index (κ2) is 40.6. The zero-order valence-electron chi connectivity index (χ0n) is 34.8. The van der Waals surface area contributed by atoms with Gasteiger partial charge in [0.2, 0.25) is 6.41 Å². The SMILES string of the molecule is C=CC(=O)OCCOCCOCC(C)(C)COCCOCCOC(=O)CCCCCCCN(OCNCCCCCCOC#N)N(C=O)CCCCCCOC#N. The van der Waals surface area contributed by atoms with E-state index in [1.807, 2.05) is 13.8 Å². The van der Waals surface area contributed by atoms with Crippen molar-refractivity contribution >= 4 is 18.3 Å². The second-order valence-electron chi connectivity index (χ2n) is 13.9. The molecule has 0 atom stereocenters. The van der Waals surface area contributed by atoms with Crippen molar-refractivity contribution in [2.75, 3.05) is 106 Å². The molecular weight excluding hydrogens is 742 g/mol. The molecule has 0 radical (unpaired) electrons. The van der Waals surface area contributed by atoms with Crippen LogP contribution in [0.15, 0.2) is 12.7 Å². The summed E-state index contributed by atoms with van der Waals surface area (Å²) in [6.07, 6.45) is 17.2. The molecule has 0 aliphatic carbocycles. The van der Waals surface area contributed by atoms with Gasteiger partial charge in [0.25, 0.3) is 12.5 Å². The van der Waals surface area contributed by atoms with E-state index in [0.29, 0.717) is 85.6 Å². The van der Waals surface area contributed by atoms with Gasteiger partial charge in [0, 0.05) is 31.0 Å². The molecule has 0 aliphatic rings. The first-order valence-corrected chi connectivity index (χ1v) is 20.4. The average molecular weight is 814 g/mol. The number of carbonyl (C=O) groups is 3. The van der Waals surface area contributed by atoms with Gasteiger partial charge in [0.05, 0.1) is 52.9 Å². The maximum atomic E-state index is 12.1. The summed E-state index contributed by atoms with van der Waals surface area (Å²) in [4.78, 5) is 41.0. The Morgan fingerprint density at radius 3 is 1.75 bits per heavy atom. The van der Waals surface area contributed by atoms with Gasteiger partial charge in [0.15, 0.2) is 0 Å². The fourth-order valence-corrected chi connectivity index (χ4v) is 5.12. The lowest BCUT2D eigenvalue weighted by Crippen LogP contribution is -2.44. The molecule has 17 heteroatoms. The highest BCUT2D eigenvalue weighted by molar-refractivity contribution is 5.81. The van der Waals surface area contributed by atoms with Crippen molar-refractivity contribution in [2.24, 2.45) is 5.41 Å². The van der Waals surface area contributed by atoms with Crippen LogP contribution in [0.5, 0.6) is 0 Å². The minimum atomic E-state index is -0.472. The number of hydrazine groups is 1. The summed E-state index contributed by atoms with van der Waals surface area (Å²) in [6.45, 7) is 14.0. The molecule has 0 heterocycles. The van der Waals surface area contributed by atoms with Crippen LogP contribution in [0.1, 0.15) is 104 Å². The van der Waals surface area contributed by atoms with Crippen LogP contribution in [0.2, 0.25) is 0 Å². The van der Waals surface area contributed by atoms with E-state index in [0.717, 1.165) is 103 Å². The van der Waals surface area contributed by atoms with Crippen LogP contribution in [0.3, 0.4) is 0 Å². The van der Waals surface area contributed by atoms with Crippen molar-refractivity contribution in [3.63, 3.8) is 0 Å². The van der Waals surface area contributed by atoms with Gasteiger partial charge in [-0.15, -0.1) is 0 Å². The lowest BCUT2D eigenvalue weighted by molar-refractivity contribution is -0.273. The van der Waals surface area contributed by atoms with Gasteiger partial charge in [0.1, 0.15) is 33.2 Å². The quantitative estimate of drug-likeness (QED) is 0.0164. The molecule has 0 aliphatic heterocycles. The first-order chi connectivity index (χ1) is 27.8. The summed E-state index contributed by atoms with van der Waals surface area (Å²) < 4.78 is 41.8. The number of unbranched alkanes of at least 4 members (excludes halogenated alkanes) is 10. The maximum Gasteiger partial charge on any atom is 0.330 e. The van der Waals surface area contributed by atoms with Gasteiger partial charge in [-0.1, -0.05) is 57.7 Å². The highest BCUT2D eigenvalue weighted by Gasteiger charge is 2.19. The number of ether oxygens (including phenoxy) is 8. The van der Waals surface area contributed by atoms with Gasteiger partial charge < -0.3 is 37.9 Å². The Balaban J connectivity index is 4.06. The van der Waals surface area contributed by atoms with E-state index in [-0.39, 0.29) is 31.3 Å². The third kappa shape index (κ3) is 37.8. The van der Waals surface area contributed by atoms with Crippen LogP contribution in [0.4, 0.5) is 0 Å². The van der Waals surface area contributed by atoms with E-state index in [9.17, 15) is 14.4 Å². The summed E-state index contributed by atoms with van der Waals surface area (Å²) >= 11 is 0. The monoisotopic (exact) mass is 814 g/mol. The molecule has 0 saturated carbocycles. The Morgan fingerprint density at radius 1 is 0.649 bits per heavy atom. The Morgan fingerprint density at radius 2 is 1.16 bits per heavy atom. The molecule has 1 N–H and O–H groups in total. The maximum absolute atomic E-state index is 12.1. The number of carbonyl (C=O) groups excluding carboxylic acids is 3. The Labute approximate surface area is 341 Å². The molecule has 0 spiro atoms. The zero-order valence-corrected chi connectivity index (χ0v) is 34.8. The molecule has 0 aromatic rings. The number of hydrogen-bond donors (Lipinski definition) is 1. The molecule has 0 saturated heterocycles. The molecule has 0 bridgehead atoms. The highest BCUT2D eigenvalue weighted by atomic mass is 16.7. The lowest BCUT2D eigenvalue weighted by atomic mass is 9.96. The third-order valence-corrected chi connectivity index (χ3v) is 8.18. The van der Waals surface area contributed by atoms with Gasteiger partial charge in [-0.3, -0.25) is 24.8 Å². The van der Waals surface area contributed by atoms with Gasteiger partial charge in [-0.2, -0.15) is 10.5 Å². The lowest BCUT2D eigenvalue weighted by Gasteiger charge is -2.31. The Bertz CT molecular complexity index is 1070. The van der Waals surface area contributed by atoms with Gasteiger partial charge >= 0.3 is 11.9 Å². The minimum Gasteiger partial charge on any atom is -0.463 e. The van der Waals surface area contributed by atoms with Crippen LogP contribution in [0, 0.1) is 28.4 Å². The van der Waals surface area contributed by atoms with Crippen molar-refractivity contribution in [1.82, 2.24) is 15.5 Å². The average Bonchev–Trinajstić information content (AvgIpc) is 3.20. The summed E-state index contributed by atoms with van der Waals surface area (Å²) in [5, 5.41) is 23.4. The van der Waals surface area contributed by atoms with Crippen LogP contribution >= 0.6 is 0 Å². The second-order valence-corrected chi connectivity index (χ2v) is 13.9. The van der Waals surface area contributed by atoms with Gasteiger partial charge in [-0.05, 0) is 57.9 Å². The van der Waals surface area contributed by atoms with Crippen LogP contribution < -0.4 is 5.32 Å².